The van der Waals surface area contributed by atoms with Crippen LogP contribution in [0.25, 0.3) is 10.2 Å². The van der Waals surface area contributed by atoms with Crippen LogP contribution in [0.4, 0.5) is 10.9 Å². The fourth-order valence-electron chi connectivity index (χ4n) is 2.93. The minimum Gasteiger partial charge on any atom is -0.497 e. The zero-order valence-corrected chi connectivity index (χ0v) is 16.2. The number of anilines is 2. The van der Waals surface area contributed by atoms with Crippen molar-refractivity contribution >= 4 is 32.5 Å². The molecular weight excluding hydrogens is 376 g/mol. The first kappa shape index (κ1) is 18.0. The third-order valence-corrected chi connectivity index (χ3v) is 5.37. The monoisotopic (exact) mass is 394 g/mol. The lowest BCUT2D eigenvalue weighted by molar-refractivity contribution is 0.415. The SMILES string of the molecule is COc1ccc2nc(Nc3c(C)c(=O)[nH]c(=O)n3Cc3ccccc3)sc2c1. The van der Waals surface area contributed by atoms with Crippen molar-refractivity contribution in [3.63, 3.8) is 0 Å². The molecule has 142 valence electrons. The first-order valence-electron chi connectivity index (χ1n) is 8.64. The van der Waals surface area contributed by atoms with E-state index in [0.29, 0.717) is 23.1 Å². The van der Waals surface area contributed by atoms with Crippen LogP contribution in [0, 0.1) is 6.92 Å². The summed E-state index contributed by atoms with van der Waals surface area (Å²) in [5.41, 5.74) is 1.30. The van der Waals surface area contributed by atoms with Gasteiger partial charge in [0, 0.05) is 0 Å². The lowest BCUT2D eigenvalue weighted by Gasteiger charge is -2.15. The highest BCUT2D eigenvalue weighted by molar-refractivity contribution is 7.22. The molecule has 0 unspecified atom stereocenters. The number of methoxy groups -OCH3 is 1. The Bertz CT molecular complexity index is 1260. The zero-order chi connectivity index (χ0) is 19.7. The summed E-state index contributed by atoms with van der Waals surface area (Å²) in [5.74, 6) is 1.18. The molecule has 0 radical (unpaired) electrons. The van der Waals surface area contributed by atoms with E-state index < -0.39 is 11.2 Å². The maximum Gasteiger partial charge on any atom is 0.330 e. The van der Waals surface area contributed by atoms with Gasteiger partial charge in [-0.05, 0) is 30.7 Å². The molecule has 2 N–H and O–H groups in total. The molecule has 2 aromatic heterocycles. The molecule has 8 heteroatoms. The largest absolute Gasteiger partial charge is 0.497 e. The van der Waals surface area contributed by atoms with Gasteiger partial charge in [0.1, 0.15) is 11.6 Å². The van der Waals surface area contributed by atoms with Crippen molar-refractivity contribution in [3.05, 3.63) is 80.5 Å². The molecule has 0 saturated heterocycles. The average Bonchev–Trinajstić information content (AvgIpc) is 3.11. The van der Waals surface area contributed by atoms with E-state index in [1.807, 2.05) is 48.5 Å². The van der Waals surface area contributed by atoms with Gasteiger partial charge in [-0.2, -0.15) is 0 Å². The number of aromatic amines is 1. The number of thiazole rings is 1. The van der Waals surface area contributed by atoms with Crippen LogP contribution in [-0.4, -0.2) is 21.6 Å². The Kier molecular flexibility index (Phi) is 4.70. The summed E-state index contributed by atoms with van der Waals surface area (Å²) in [6.07, 6.45) is 0. The van der Waals surface area contributed by atoms with Crippen LogP contribution in [-0.2, 0) is 6.54 Å². The highest BCUT2D eigenvalue weighted by Crippen LogP contribution is 2.31. The number of ether oxygens (including phenoxy) is 1. The number of fused-ring (bicyclic) bond motifs is 1. The molecule has 0 saturated carbocycles. The summed E-state index contributed by atoms with van der Waals surface area (Å²) in [7, 11) is 1.61. The number of benzene rings is 2. The number of nitrogens with zero attached hydrogens (tertiary/aromatic N) is 2. The Hall–Kier alpha value is -3.39. The first-order chi connectivity index (χ1) is 13.5. The molecule has 0 bridgehead atoms. The zero-order valence-electron chi connectivity index (χ0n) is 15.4. The molecule has 0 aliphatic heterocycles. The van der Waals surface area contributed by atoms with Crippen LogP contribution >= 0.6 is 11.3 Å². The van der Waals surface area contributed by atoms with Crippen LogP contribution in [0.1, 0.15) is 11.1 Å². The fraction of sp³-hybridized carbons (Fsp3) is 0.150. The molecule has 2 heterocycles. The quantitative estimate of drug-likeness (QED) is 0.542. The number of aromatic nitrogens is 3. The van der Waals surface area contributed by atoms with Gasteiger partial charge in [-0.3, -0.25) is 14.3 Å². The number of H-pyrrole nitrogens is 1. The molecule has 2 aromatic carbocycles. The van der Waals surface area contributed by atoms with Crippen molar-refractivity contribution in [1.29, 1.82) is 0 Å². The summed E-state index contributed by atoms with van der Waals surface area (Å²) in [6, 6.07) is 15.2. The van der Waals surface area contributed by atoms with E-state index in [-0.39, 0.29) is 0 Å². The third-order valence-electron chi connectivity index (χ3n) is 4.44. The molecular formula is C20H18N4O3S. The summed E-state index contributed by atoms with van der Waals surface area (Å²) in [6.45, 7) is 2.01. The summed E-state index contributed by atoms with van der Waals surface area (Å²) >= 11 is 1.43. The van der Waals surface area contributed by atoms with E-state index in [2.05, 4.69) is 15.3 Å². The van der Waals surface area contributed by atoms with E-state index in [4.69, 9.17) is 4.74 Å². The van der Waals surface area contributed by atoms with Crippen molar-refractivity contribution in [2.24, 2.45) is 0 Å². The Morgan fingerprint density at radius 2 is 1.96 bits per heavy atom. The van der Waals surface area contributed by atoms with Gasteiger partial charge < -0.3 is 10.1 Å². The van der Waals surface area contributed by atoms with E-state index in [1.165, 1.54) is 15.9 Å². The second-order valence-electron chi connectivity index (χ2n) is 6.28. The number of nitrogens with one attached hydrogen (secondary N) is 2. The molecule has 0 amide bonds. The number of hydrogen-bond donors (Lipinski definition) is 2. The minimum absolute atomic E-state index is 0.332. The highest BCUT2D eigenvalue weighted by atomic mass is 32.1. The Morgan fingerprint density at radius 1 is 1.18 bits per heavy atom. The van der Waals surface area contributed by atoms with Gasteiger partial charge in [-0.25, -0.2) is 9.78 Å². The van der Waals surface area contributed by atoms with Crippen LogP contribution in [0.15, 0.2) is 58.1 Å². The molecule has 0 spiro atoms. The van der Waals surface area contributed by atoms with Gasteiger partial charge in [-0.1, -0.05) is 41.7 Å². The fourth-order valence-corrected chi connectivity index (χ4v) is 3.83. The van der Waals surface area contributed by atoms with Crippen molar-refractivity contribution in [3.8, 4) is 5.75 Å². The molecule has 0 aliphatic rings. The van der Waals surface area contributed by atoms with Gasteiger partial charge in [0.25, 0.3) is 5.56 Å². The molecule has 28 heavy (non-hydrogen) atoms. The van der Waals surface area contributed by atoms with E-state index in [0.717, 1.165) is 21.5 Å². The summed E-state index contributed by atoms with van der Waals surface area (Å²) < 4.78 is 7.71. The Balaban J connectivity index is 1.78. The first-order valence-corrected chi connectivity index (χ1v) is 9.46. The number of rotatable bonds is 5. The topological polar surface area (TPSA) is 89.0 Å². The molecule has 0 atom stereocenters. The van der Waals surface area contributed by atoms with Crippen molar-refractivity contribution in [1.82, 2.24) is 14.5 Å². The molecule has 4 aromatic rings. The maximum atomic E-state index is 12.5. The van der Waals surface area contributed by atoms with Crippen LogP contribution in [0.5, 0.6) is 5.75 Å². The predicted molar refractivity (Wildman–Crippen MR) is 111 cm³/mol. The van der Waals surface area contributed by atoms with Gasteiger partial charge in [0.15, 0.2) is 5.13 Å². The van der Waals surface area contributed by atoms with Crippen LogP contribution in [0.2, 0.25) is 0 Å². The Morgan fingerprint density at radius 3 is 2.71 bits per heavy atom. The second-order valence-corrected chi connectivity index (χ2v) is 7.31. The standard InChI is InChI=1S/C20H18N4O3S/c1-12-17(22-19-21-15-9-8-14(27-2)10-16(15)28-19)24(20(26)23-18(12)25)11-13-6-4-3-5-7-13/h3-10H,11H2,1-2H3,(H,21,22)(H,23,25,26). The summed E-state index contributed by atoms with van der Waals surface area (Å²) in [4.78, 5) is 31.6. The van der Waals surface area contributed by atoms with Crippen LogP contribution in [0.3, 0.4) is 0 Å². The lowest BCUT2D eigenvalue weighted by Crippen LogP contribution is -2.33. The molecule has 7 nitrogen and oxygen atoms in total. The van der Waals surface area contributed by atoms with Gasteiger partial charge >= 0.3 is 5.69 Å². The average molecular weight is 394 g/mol. The molecule has 4 rings (SSSR count). The smallest absolute Gasteiger partial charge is 0.330 e. The van der Waals surface area contributed by atoms with E-state index in [1.54, 1.807) is 14.0 Å². The summed E-state index contributed by atoms with van der Waals surface area (Å²) in [5, 5.41) is 3.77. The van der Waals surface area contributed by atoms with E-state index in [9.17, 15) is 9.59 Å². The van der Waals surface area contributed by atoms with E-state index >= 15 is 0 Å². The van der Waals surface area contributed by atoms with Crippen molar-refractivity contribution < 1.29 is 4.74 Å². The maximum absolute atomic E-state index is 12.5. The predicted octanol–water partition coefficient (Wildman–Crippen LogP) is 3.26. The van der Waals surface area contributed by atoms with Gasteiger partial charge in [0.05, 0.1) is 29.4 Å². The van der Waals surface area contributed by atoms with Crippen molar-refractivity contribution in [2.75, 3.05) is 12.4 Å². The van der Waals surface area contributed by atoms with Gasteiger partial charge in [-0.15, -0.1) is 0 Å². The highest BCUT2D eigenvalue weighted by Gasteiger charge is 2.14. The van der Waals surface area contributed by atoms with Crippen molar-refractivity contribution in [2.45, 2.75) is 13.5 Å². The minimum atomic E-state index is -0.468. The van der Waals surface area contributed by atoms with Gasteiger partial charge in [0.2, 0.25) is 0 Å². The van der Waals surface area contributed by atoms with Crippen LogP contribution < -0.4 is 21.3 Å². The normalized spacial score (nSPS) is 10.9. The number of hydrogen-bond acceptors (Lipinski definition) is 6. The third kappa shape index (κ3) is 3.41. The molecule has 0 fully saturated rings. The molecule has 0 aliphatic carbocycles. The lowest BCUT2D eigenvalue weighted by atomic mass is 10.2. The second kappa shape index (κ2) is 7.32. The Labute approximate surface area is 164 Å².